The topological polar surface area (TPSA) is 20.3 Å². The Bertz CT molecular complexity index is 294. The number of hydrogen-bond acceptors (Lipinski definition) is 1. The van der Waals surface area contributed by atoms with Crippen molar-refractivity contribution in [2.24, 2.45) is 0 Å². The summed E-state index contributed by atoms with van der Waals surface area (Å²) in [5, 5.41) is 0. The molecule has 0 saturated heterocycles. The molecule has 2 nitrogen and oxygen atoms in total. The van der Waals surface area contributed by atoms with Gasteiger partial charge in [0.2, 0.25) is 5.91 Å². The van der Waals surface area contributed by atoms with Crippen LogP contribution >= 0.6 is 11.6 Å². The molecule has 0 atom stereocenters. The van der Waals surface area contributed by atoms with Crippen LogP contribution in [-0.2, 0) is 10.7 Å². The molecule has 0 aliphatic rings. The van der Waals surface area contributed by atoms with Crippen LogP contribution in [0, 0.1) is 0 Å². The Labute approximate surface area is 83.1 Å². The minimum Gasteiger partial charge on any atom is -0.316 e. The van der Waals surface area contributed by atoms with Crippen LogP contribution in [0.5, 0.6) is 0 Å². The van der Waals surface area contributed by atoms with Gasteiger partial charge in [-0.15, -0.1) is 11.6 Å². The molecule has 0 fully saturated rings. The van der Waals surface area contributed by atoms with Crippen LogP contribution in [0.2, 0.25) is 0 Å². The zero-order valence-corrected chi connectivity index (χ0v) is 8.51. The van der Waals surface area contributed by atoms with Crippen molar-refractivity contribution in [3.8, 4) is 0 Å². The fourth-order valence-electron chi connectivity index (χ4n) is 0.990. The lowest BCUT2D eigenvalue weighted by Crippen LogP contribution is -2.22. The molecule has 13 heavy (non-hydrogen) atoms. The molecule has 70 valence electrons. The lowest BCUT2D eigenvalue weighted by atomic mass is 10.2. The third-order valence-corrected chi connectivity index (χ3v) is 2.26. The van der Waals surface area contributed by atoms with E-state index in [4.69, 9.17) is 11.6 Å². The van der Waals surface area contributed by atoms with E-state index in [9.17, 15) is 4.79 Å². The highest BCUT2D eigenvalue weighted by atomic mass is 35.5. The molecule has 1 aromatic carbocycles. The van der Waals surface area contributed by atoms with Gasteiger partial charge in [0.25, 0.3) is 0 Å². The lowest BCUT2D eigenvalue weighted by Gasteiger charge is -2.14. The minimum atomic E-state index is 0.0265. The van der Waals surface area contributed by atoms with Gasteiger partial charge in [-0.05, 0) is 17.7 Å². The van der Waals surface area contributed by atoms with Crippen molar-refractivity contribution in [2.45, 2.75) is 12.8 Å². The first-order valence-corrected chi connectivity index (χ1v) is 4.58. The van der Waals surface area contributed by atoms with E-state index in [0.29, 0.717) is 5.88 Å². The lowest BCUT2D eigenvalue weighted by molar-refractivity contribution is -0.116. The second-order valence-electron chi connectivity index (χ2n) is 2.88. The molecule has 0 heterocycles. The molecule has 0 aromatic heterocycles. The number of carbonyl (C=O) groups excluding carboxylic acids is 1. The second kappa shape index (κ2) is 4.28. The van der Waals surface area contributed by atoms with Gasteiger partial charge >= 0.3 is 0 Å². The summed E-state index contributed by atoms with van der Waals surface area (Å²) in [6.07, 6.45) is 0. The predicted molar refractivity (Wildman–Crippen MR) is 55.1 cm³/mol. The minimum absolute atomic E-state index is 0.0265. The molecule has 0 bridgehead atoms. The fourth-order valence-corrected chi connectivity index (χ4v) is 1.17. The van der Waals surface area contributed by atoms with E-state index >= 15 is 0 Å². The number of nitrogens with zero attached hydrogens (tertiary/aromatic N) is 1. The standard InChI is InChI=1S/C10H12ClNO/c1-8(13)12(2)10-5-3-9(7-11)4-6-10/h3-6H,7H2,1-2H3. The summed E-state index contributed by atoms with van der Waals surface area (Å²) in [5.74, 6) is 0.531. The zero-order valence-electron chi connectivity index (χ0n) is 7.75. The smallest absolute Gasteiger partial charge is 0.223 e. The maximum atomic E-state index is 11.0. The summed E-state index contributed by atoms with van der Waals surface area (Å²) in [6.45, 7) is 1.54. The first-order chi connectivity index (χ1) is 6.15. The normalized spacial score (nSPS) is 9.77. The van der Waals surface area contributed by atoms with E-state index in [1.165, 1.54) is 6.92 Å². The molecule has 0 radical (unpaired) electrons. The Morgan fingerprint density at radius 2 is 1.92 bits per heavy atom. The molecule has 1 aromatic rings. The van der Waals surface area contributed by atoms with Crippen LogP contribution in [0.25, 0.3) is 0 Å². The van der Waals surface area contributed by atoms with Crippen molar-refractivity contribution >= 4 is 23.2 Å². The molecule has 1 amide bonds. The predicted octanol–water partition coefficient (Wildman–Crippen LogP) is 2.41. The summed E-state index contributed by atoms with van der Waals surface area (Å²) in [4.78, 5) is 12.6. The van der Waals surface area contributed by atoms with Gasteiger partial charge in [0.1, 0.15) is 0 Å². The number of amides is 1. The SMILES string of the molecule is CC(=O)N(C)c1ccc(CCl)cc1. The third kappa shape index (κ3) is 2.46. The molecule has 0 N–H and O–H groups in total. The average Bonchev–Trinajstić information content (AvgIpc) is 2.17. The van der Waals surface area contributed by atoms with E-state index in [1.54, 1.807) is 11.9 Å². The number of rotatable bonds is 2. The van der Waals surface area contributed by atoms with E-state index in [0.717, 1.165) is 11.3 Å². The summed E-state index contributed by atoms with van der Waals surface area (Å²) in [6, 6.07) is 7.61. The second-order valence-corrected chi connectivity index (χ2v) is 3.15. The van der Waals surface area contributed by atoms with Crippen molar-refractivity contribution in [1.82, 2.24) is 0 Å². The van der Waals surface area contributed by atoms with Crippen molar-refractivity contribution in [2.75, 3.05) is 11.9 Å². The van der Waals surface area contributed by atoms with Gasteiger partial charge in [-0.1, -0.05) is 12.1 Å². The van der Waals surface area contributed by atoms with E-state index < -0.39 is 0 Å². The Morgan fingerprint density at radius 3 is 2.31 bits per heavy atom. The van der Waals surface area contributed by atoms with Crippen molar-refractivity contribution < 1.29 is 4.79 Å². The van der Waals surface area contributed by atoms with Crippen LogP contribution < -0.4 is 4.90 Å². The molecule has 1 rings (SSSR count). The van der Waals surface area contributed by atoms with Crippen LogP contribution in [0.1, 0.15) is 12.5 Å². The van der Waals surface area contributed by atoms with Gasteiger partial charge in [0.15, 0.2) is 0 Å². The Balaban J connectivity index is 2.85. The zero-order chi connectivity index (χ0) is 9.84. The quantitative estimate of drug-likeness (QED) is 0.667. The van der Waals surface area contributed by atoms with Gasteiger partial charge in [0.05, 0.1) is 0 Å². The summed E-state index contributed by atoms with van der Waals surface area (Å²) in [7, 11) is 1.75. The number of halogens is 1. The largest absolute Gasteiger partial charge is 0.316 e. The number of anilines is 1. The van der Waals surface area contributed by atoms with E-state index in [2.05, 4.69) is 0 Å². The highest BCUT2D eigenvalue weighted by Gasteiger charge is 2.03. The van der Waals surface area contributed by atoms with Gasteiger partial charge in [0, 0.05) is 25.5 Å². The number of benzene rings is 1. The van der Waals surface area contributed by atoms with Crippen molar-refractivity contribution in [1.29, 1.82) is 0 Å². The third-order valence-electron chi connectivity index (χ3n) is 1.95. The molecule has 0 saturated carbocycles. The maximum Gasteiger partial charge on any atom is 0.223 e. The highest BCUT2D eigenvalue weighted by molar-refractivity contribution is 6.17. The molecular formula is C10H12ClNO. The van der Waals surface area contributed by atoms with E-state index in [-0.39, 0.29) is 5.91 Å². The van der Waals surface area contributed by atoms with Gasteiger partial charge < -0.3 is 4.90 Å². The Hall–Kier alpha value is -1.02. The van der Waals surface area contributed by atoms with Gasteiger partial charge in [-0.3, -0.25) is 4.79 Å². The van der Waals surface area contributed by atoms with Crippen molar-refractivity contribution in [3.63, 3.8) is 0 Å². The molecule has 0 aliphatic carbocycles. The number of hydrogen-bond donors (Lipinski definition) is 0. The van der Waals surface area contributed by atoms with Crippen LogP contribution in [-0.4, -0.2) is 13.0 Å². The van der Waals surface area contributed by atoms with Gasteiger partial charge in [-0.25, -0.2) is 0 Å². The summed E-state index contributed by atoms with van der Waals surface area (Å²) in [5.41, 5.74) is 1.95. The average molecular weight is 198 g/mol. The summed E-state index contributed by atoms with van der Waals surface area (Å²) < 4.78 is 0. The molecular weight excluding hydrogens is 186 g/mol. The Kier molecular flexibility index (Phi) is 3.32. The van der Waals surface area contributed by atoms with Crippen LogP contribution in [0.3, 0.4) is 0 Å². The monoisotopic (exact) mass is 197 g/mol. The number of carbonyl (C=O) groups is 1. The number of alkyl halides is 1. The van der Waals surface area contributed by atoms with E-state index in [1.807, 2.05) is 24.3 Å². The highest BCUT2D eigenvalue weighted by Crippen LogP contribution is 2.14. The fraction of sp³-hybridized carbons (Fsp3) is 0.300. The molecule has 0 spiro atoms. The first kappa shape index (κ1) is 10.1. The van der Waals surface area contributed by atoms with Crippen molar-refractivity contribution in [3.05, 3.63) is 29.8 Å². The van der Waals surface area contributed by atoms with Crippen LogP contribution in [0.15, 0.2) is 24.3 Å². The first-order valence-electron chi connectivity index (χ1n) is 4.04. The van der Waals surface area contributed by atoms with Gasteiger partial charge in [-0.2, -0.15) is 0 Å². The molecule has 0 unspecified atom stereocenters. The maximum absolute atomic E-state index is 11.0. The van der Waals surface area contributed by atoms with Crippen LogP contribution in [0.4, 0.5) is 5.69 Å². The summed E-state index contributed by atoms with van der Waals surface area (Å²) >= 11 is 5.64. The Morgan fingerprint density at radius 1 is 1.38 bits per heavy atom. The molecule has 3 heteroatoms. The molecule has 0 aliphatic heterocycles.